The zero-order valence-electron chi connectivity index (χ0n) is 94.1. The van der Waals surface area contributed by atoms with Crippen LogP contribution in [0.4, 0.5) is 0 Å². The number of ether oxygens (including phenoxy) is 6. The predicted octanol–water partition coefficient (Wildman–Crippen LogP) is 38.4. The summed E-state index contributed by atoms with van der Waals surface area (Å²) in [5.41, 5.74) is -4.09. The van der Waals surface area contributed by atoms with Crippen LogP contribution in [0.15, 0.2) is 0 Å². The molecule has 8 heteroatoms. The van der Waals surface area contributed by atoms with Gasteiger partial charge in [-0.25, -0.2) is 0 Å². The summed E-state index contributed by atoms with van der Waals surface area (Å²) in [4.78, 5) is 13.4. The summed E-state index contributed by atoms with van der Waals surface area (Å²) in [5, 5.41) is 12.8. The van der Waals surface area contributed by atoms with Crippen molar-refractivity contribution >= 4 is 5.97 Å². The van der Waals surface area contributed by atoms with Crippen LogP contribution in [-0.2, 0) is 33.2 Å². The van der Waals surface area contributed by atoms with E-state index in [1.165, 1.54) is 257 Å². The van der Waals surface area contributed by atoms with Crippen molar-refractivity contribution in [2.24, 2.45) is 107 Å². The van der Waals surface area contributed by atoms with Crippen LogP contribution in [0.2, 0.25) is 0 Å². The lowest BCUT2D eigenvalue weighted by atomic mass is 9.78. The van der Waals surface area contributed by atoms with E-state index in [0.717, 1.165) is 199 Å². The number of hydrogen-bond donors (Lipinski definition) is 1. The molecule has 8 nitrogen and oxygen atoms in total. The van der Waals surface area contributed by atoms with Crippen LogP contribution in [0.25, 0.3) is 0 Å². The molecule has 3 heterocycles. The largest absolute Gasteiger partial charge is 0.459 e. The molecule has 0 bridgehead atoms. The lowest BCUT2D eigenvalue weighted by molar-refractivity contribution is -0.289. The predicted molar refractivity (Wildman–Crippen MR) is 569 cm³/mol. The van der Waals surface area contributed by atoms with Crippen LogP contribution in [0.5, 0.6) is 0 Å². The minimum atomic E-state index is -0.922. The molecule has 1 N–H and O–H groups in total. The van der Waals surface area contributed by atoms with E-state index in [9.17, 15) is 9.90 Å². The first-order valence-corrected chi connectivity index (χ1v) is 58.5. The Kier molecular flexibility index (Phi) is 63.4. The molecule has 0 aliphatic carbocycles. The summed E-state index contributed by atoms with van der Waals surface area (Å²) < 4.78 is 47.2. The average molecular weight is 1830 g/mol. The molecular weight excluding hydrogens is 1590 g/mol. The third kappa shape index (κ3) is 54.3. The molecule has 0 aromatic carbocycles. The minimum Gasteiger partial charge on any atom is -0.459 e. The maximum atomic E-state index is 13.4. The van der Waals surface area contributed by atoms with Crippen molar-refractivity contribution in [2.75, 3.05) is 0 Å². The monoisotopic (exact) mass is 1830 g/mol. The van der Waals surface area contributed by atoms with Gasteiger partial charge >= 0.3 is 5.97 Å². The van der Waals surface area contributed by atoms with Gasteiger partial charge in [0.1, 0.15) is 11.7 Å². The summed E-state index contributed by atoms with van der Waals surface area (Å²) in [6.45, 7) is 74.5. The number of esters is 1. The summed E-state index contributed by atoms with van der Waals surface area (Å²) in [6.07, 6.45) is 70.3. The molecule has 24 atom stereocenters. The molecule has 3 rings (SSSR count). The third-order valence-corrected chi connectivity index (χ3v) is 33.9. The Morgan fingerprint density at radius 3 is 0.685 bits per heavy atom. The van der Waals surface area contributed by atoms with Gasteiger partial charge in [0.15, 0.2) is 0 Å². The van der Waals surface area contributed by atoms with E-state index in [2.05, 4.69) is 208 Å². The number of carbonyl (C=O) groups excluding carboxylic acids is 1. The van der Waals surface area contributed by atoms with Gasteiger partial charge in [0.05, 0.1) is 58.5 Å². The van der Waals surface area contributed by atoms with Crippen molar-refractivity contribution in [3.8, 4) is 0 Å². The Bertz CT molecular complexity index is 2720. The summed E-state index contributed by atoms with van der Waals surface area (Å²) in [6, 6.07) is 0. The molecule has 0 aromatic rings. The van der Waals surface area contributed by atoms with Crippen molar-refractivity contribution in [3.63, 3.8) is 0 Å². The second-order valence-corrected chi connectivity index (χ2v) is 51.9. The number of aliphatic hydroxyl groups is 1. The van der Waals surface area contributed by atoms with Crippen LogP contribution in [0, 0.1) is 107 Å². The summed E-state index contributed by atoms with van der Waals surface area (Å²) >= 11 is 0. The molecule has 0 saturated carbocycles. The van der Waals surface area contributed by atoms with E-state index >= 15 is 0 Å². The zero-order valence-corrected chi connectivity index (χ0v) is 94.1. The first-order valence-electron chi connectivity index (χ1n) is 58.5. The highest BCUT2D eigenvalue weighted by atomic mass is 16.6. The Morgan fingerprint density at radius 2 is 0.454 bits per heavy atom. The van der Waals surface area contributed by atoms with Gasteiger partial charge in [-0.05, 0) is 225 Å². The van der Waals surface area contributed by atoms with Gasteiger partial charge in [0.25, 0.3) is 0 Å². The Labute approximate surface area is 816 Å². The lowest BCUT2D eigenvalue weighted by Crippen LogP contribution is -2.60. The smallest absolute Gasteiger partial charge is 0.303 e. The van der Waals surface area contributed by atoms with Crippen molar-refractivity contribution in [3.05, 3.63) is 0 Å². The van der Waals surface area contributed by atoms with E-state index < -0.39 is 33.6 Å². The highest BCUT2D eigenvalue weighted by Crippen LogP contribution is 2.51. The Hall–Kier alpha value is -0.770. The maximum Gasteiger partial charge on any atom is 0.303 e. The number of carbonyl (C=O) groups is 1. The molecule has 3 aliphatic rings. The fourth-order valence-corrected chi connectivity index (χ4v) is 24.2. The quantitative estimate of drug-likeness (QED) is 0.0602. The fourth-order valence-electron chi connectivity index (χ4n) is 24.2. The van der Waals surface area contributed by atoms with Crippen LogP contribution in [-0.4, -0.2) is 81.3 Å². The molecule has 774 valence electrons. The molecule has 130 heavy (non-hydrogen) atoms. The number of hydrogen-bond acceptors (Lipinski definition) is 8. The molecule has 3 fully saturated rings. The van der Waals surface area contributed by atoms with Crippen molar-refractivity contribution < 1.29 is 38.3 Å². The molecule has 3 aliphatic heterocycles. The lowest BCUT2D eigenvalue weighted by Gasteiger charge is -2.53. The molecule has 0 radical (unpaired) electrons. The highest BCUT2D eigenvalue weighted by Gasteiger charge is 2.57. The molecule has 9 unspecified atom stereocenters. The number of rotatable bonds is 82. The second-order valence-electron chi connectivity index (χ2n) is 51.9. The Balaban J connectivity index is 2.26. The normalized spacial score (nSPS) is 24.2. The van der Waals surface area contributed by atoms with Gasteiger partial charge in [0.2, 0.25) is 0 Å². The SMILES string of the molecule is CC(=O)O[C@H]1CC[C@@H](C(C)(CCC[C@H](C)CCC[C@H](C)CCCC(C)C)OC(C)(CCC[C@H](C)CCC[C@H](C)CCCC(C)C)C2CCC(C(C)(CCC[C@H](C)CCC[C@H](C)CCCC(C)C)OC(C)(CCC[C@H](C)CCC[C@H](C)CCCC(C)C)C3CCC(C(C)(O)CCC[C@H](C)CCC[C@H](C)CCCC(C)C)O3)O2)O[C@@]1(C)CCC[C@H](C)CCC[C@H](C)CCCC(C)C. The summed E-state index contributed by atoms with van der Waals surface area (Å²) in [7, 11) is 0. The third-order valence-electron chi connectivity index (χ3n) is 33.9. The van der Waals surface area contributed by atoms with Gasteiger partial charge in [-0.2, -0.15) is 0 Å². The van der Waals surface area contributed by atoms with Gasteiger partial charge in [-0.15, -0.1) is 0 Å². The van der Waals surface area contributed by atoms with Gasteiger partial charge in [-0.3, -0.25) is 4.79 Å². The van der Waals surface area contributed by atoms with E-state index in [1.807, 2.05) is 0 Å². The second kappa shape index (κ2) is 66.8. The Morgan fingerprint density at radius 1 is 0.269 bits per heavy atom. The first kappa shape index (κ1) is 123. The summed E-state index contributed by atoms with van der Waals surface area (Å²) in [5.74, 6) is 13.0. The van der Waals surface area contributed by atoms with E-state index in [-0.39, 0.29) is 42.6 Å². The van der Waals surface area contributed by atoms with Crippen LogP contribution in [0.1, 0.15) is 600 Å². The van der Waals surface area contributed by atoms with Crippen LogP contribution in [0.3, 0.4) is 0 Å². The average Bonchev–Trinajstić information content (AvgIpc) is 1.44. The molecule has 0 spiro atoms. The minimum absolute atomic E-state index is 0.145. The highest BCUT2D eigenvalue weighted by molar-refractivity contribution is 5.66. The van der Waals surface area contributed by atoms with E-state index in [0.29, 0.717) is 35.5 Å². The van der Waals surface area contributed by atoms with Crippen LogP contribution >= 0.6 is 0 Å². The maximum absolute atomic E-state index is 13.4. The standard InChI is InChI=1S/C122H238O8/c1-92(2)50-32-56-98(13)62-38-68-104(19)74-44-86-117(26,124)111-80-81-113(126-111)119(28,88-46-76-106(21)70-40-64-100(15)58-34-52-94(5)6)129-120(29,89-47-77-107(22)71-41-65-101(16)59-35-53-95(7)8)114-82-83-115(127-114)121(30,90-48-78-108(23)72-42-66-102(17)60-36-54-96(9)10)130-122(31,91-49-79-109(24)73-43-67-103(18)61-37-55-97(11)12)116-85-84-112(125-110(25)123)118(27,128-116)87-45-75-105(20)69-39-63-99(14)57-33-51-93(3)4/h92-109,111-116,124H,32-91H2,1-31H3/t98-,99-,100-,101-,102-,103-,104-,105-,106-,107-,108-,109-,111?,112+,113?,114?,115?,116+,117?,118+,119?,120?,121?,122?/m1/s1. The van der Waals surface area contributed by atoms with Gasteiger partial charge in [-0.1, -0.05) is 474 Å². The van der Waals surface area contributed by atoms with Crippen LogP contribution < -0.4 is 0 Å². The van der Waals surface area contributed by atoms with E-state index in [1.54, 1.807) is 6.92 Å². The van der Waals surface area contributed by atoms with E-state index in [4.69, 9.17) is 28.4 Å². The van der Waals surface area contributed by atoms with Crippen molar-refractivity contribution in [1.82, 2.24) is 0 Å². The molecule has 3 saturated heterocycles. The van der Waals surface area contributed by atoms with Gasteiger partial charge in [0, 0.05) is 6.92 Å². The fraction of sp³-hybridized carbons (Fsp3) is 0.992. The molecule has 0 aromatic heterocycles. The van der Waals surface area contributed by atoms with Crippen molar-refractivity contribution in [2.45, 2.75) is 670 Å². The topological polar surface area (TPSA) is 92.7 Å². The molecule has 0 amide bonds. The van der Waals surface area contributed by atoms with Gasteiger partial charge < -0.3 is 33.5 Å². The first-order chi connectivity index (χ1) is 61.2. The zero-order chi connectivity index (χ0) is 97.1. The molecular formula is C122H238O8. The van der Waals surface area contributed by atoms with Crippen molar-refractivity contribution in [1.29, 1.82) is 0 Å².